The van der Waals surface area contributed by atoms with Gasteiger partial charge in [-0.05, 0) is 6.42 Å². The Bertz CT molecular complexity index is 420. The summed E-state index contributed by atoms with van der Waals surface area (Å²) in [5.74, 6) is -0.244. The summed E-state index contributed by atoms with van der Waals surface area (Å²) in [4.78, 5) is 24.1. The maximum Gasteiger partial charge on any atom is 0.275 e. The third kappa shape index (κ3) is 6.89. The van der Waals surface area contributed by atoms with Gasteiger partial charge in [0, 0.05) is 12.1 Å². The van der Waals surface area contributed by atoms with Crippen LogP contribution in [0.5, 0.6) is 0 Å². The molecule has 0 saturated carbocycles. The van der Waals surface area contributed by atoms with Gasteiger partial charge < -0.3 is 15.5 Å². The molecule has 0 heterocycles. The number of hydrogen-bond acceptors (Lipinski definition) is 2. The zero-order valence-electron chi connectivity index (χ0n) is 12.2. The number of carbonyl (C=O) groups is 2. The van der Waals surface area contributed by atoms with Crippen molar-refractivity contribution in [1.82, 2.24) is 10.6 Å². The molecule has 2 amide bonds. The molecule has 5 nitrogen and oxygen atoms in total. The van der Waals surface area contributed by atoms with Gasteiger partial charge in [0.15, 0.2) is 6.54 Å². The summed E-state index contributed by atoms with van der Waals surface area (Å²) >= 11 is 0. The lowest BCUT2D eigenvalue weighted by Crippen LogP contribution is -3.08. The molecule has 0 fully saturated rings. The highest BCUT2D eigenvalue weighted by atomic mass is 16.2. The Morgan fingerprint density at radius 2 is 1.80 bits per heavy atom. The van der Waals surface area contributed by atoms with Crippen LogP contribution in [-0.2, 0) is 16.1 Å². The molecule has 1 aromatic rings. The molecule has 110 valence electrons. The standard InChI is InChI=1S/C15H23N3O2/c1-3-9-16-14(19)10-17-15(20)12-18(2)11-13-7-5-4-6-8-13/h4-8H,3,9-12H2,1-2H3,(H,16,19)(H,17,20)/p+1. The van der Waals surface area contributed by atoms with E-state index in [1.807, 2.05) is 44.3 Å². The molecule has 0 saturated heterocycles. The summed E-state index contributed by atoms with van der Waals surface area (Å²) in [5, 5.41) is 5.36. The highest BCUT2D eigenvalue weighted by molar-refractivity contribution is 5.84. The fourth-order valence-corrected chi connectivity index (χ4v) is 1.85. The van der Waals surface area contributed by atoms with Gasteiger partial charge in [-0.15, -0.1) is 0 Å². The molecule has 0 aliphatic rings. The quantitative estimate of drug-likeness (QED) is 0.591. The molecule has 0 aliphatic heterocycles. The lowest BCUT2D eigenvalue weighted by atomic mass is 10.2. The SMILES string of the molecule is CCCNC(=O)CNC(=O)C[NH+](C)Cc1ccccc1. The molecular formula is C15H24N3O2+. The van der Waals surface area contributed by atoms with Crippen molar-refractivity contribution >= 4 is 11.8 Å². The number of quaternary nitrogens is 1. The lowest BCUT2D eigenvalue weighted by Gasteiger charge is -2.13. The molecule has 3 N–H and O–H groups in total. The number of rotatable bonds is 8. The largest absolute Gasteiger partial charge is 0.355 e. The maximum atomic E-state index is 11.7. The lowest BCUT2D eigenvalue weighted by molar-refractivity contribution is -0.885. The van der Waals surface area contributed by atoms with Crippen LogP contribution in [0.4, 0.5) is 0 Å². The number of hydrogen-bond donors (Lipinski definition) is 3. The van der Waals surface area contributed by atoms with E-state index in [1.54, 1.807) is 0 Å². The number of nitrogens with one attached hydrogen (secondary N) is 3. The Morgan fingerprint density at radius 1 is 1.10 bits per heavy atom. The zero-order chi connectivity index (χ0) is 14.8. The van der Waals surface area contributed by atoms with Crippen LogP contribution in [0.1, 0.15) is 18.9 Å². The number of likely N-dealkylation sites (N-methyl/N-ethyl adjacent to an activating group) is 1. The van der Waals surface area contributed by atoms with Crippen LogP contribution in [0.25, 0.3) is 0 Å². The van der Waals surface area contributed by atoms with Gasteiger partial charge in [0.05, 0.1) is 13.6 Å². The highest BCUT2D eigenvalue weighted by Crippen LogP contribution is 1.94. The average molecular weight is 278 g/mol. The smallest absolute Gasteiger partial charge is 0.275 e. The van der Waals surface area contributed by atoms with Gasteiger partial charge in [-0.1, -0.05) is 37.3 Å². The summed E-state index contributed by atoms with van der Waals surface area (Å²) in [5.41, 5.74) is 1.19. The molecule has 0 bridgehead atoms. The van der Waals surface area contributed by atoms with Crippen LogP contribution in [0, 0.1) is 0 Å². The van der Waals surface area contributed by atoms with E-state index >= 15 is 0 Å². The van der Waals surface area contributed by atoms with Crippen LogP contribution in [-0.4, -0.2) is 38.5 Å². The van der Waals surface area contributed by atoms with Gasteiger partial charge in [0.2, 0.25) is 5.91 Å². The van der Waals surface area contributed by atoms with Gasteiger partial charge >= 0.3 is 0 Å². The van der Waals surface area contributed by atoms with E-state index in [0.717, 1.165) is 17.9 Å². The predicted molar refractivity (Wildman–Crippen MR) is 78.2 cm³/mol. The van der Waals surface area contributed by atoms with E-state index in [-0.39, 0.29) is 18.4 Å². The van der Waals surface area contributed by atoms with Gasteiger partial charge in [0.1, 0.15) is 6.54 Å². The van der Waals surface area contributed by atoms with Crippen molar-refractivity contribution in [2.45, 2.75) is 19.9 Å². The van der Waals surface area contributed by atoms with Crippen molar-refractivity contribution in [2.75, 3.05) is 26.7 Å². The number of amides is 2. The minimum absolute atomic E-state index is 0.0530. The highest BCUT2D eigenvalue weighted by Gasteiger charge is 2.11. The van der Waals surface area contributed by atoms with Crippen LogP contribution in [0.15, 0.2) is 30.3 Å². The minimum atomic E-state index is -0.138. The third-order valence-electron chi connectivity index (χ3n) is 2.83. The number of benzene rings is 1. The molecular weight excluding hydrogens is 254 g/mol. The second-order valence-corrected chi connectivity index (χ2v) is 4.92. The topological polar surface area (TPSA) is 62.6 Å². The predicted octanol–water partition coefficient (Wildman–Crippen LogP) is -0.656. The minimum Gasteiger partial charge on any atom is -0.355 e. The normalized spacial score (nSPS) is 11.7. The monoisotopic (exact) mass is 278 g/mol. The Balaban J connectivity index is 2.23. The van der Waals surface area contributed by atoms with E-state index in [1.165, 1.54) is 5.56 Å². The van der Waals surface area contributed by atoms with Gasteiger partial charge in [-0.25, -0.2) is 0 Å². The van der Waals surface area contributed by atoms with Gasteiger partial charge in [-0.3, -0.25) is 9.59 Å². The molecule has 1 aromatic carbocycles. The molecule has 0 aliphatic carbocycles. The van der Waals surface area contributed by atoms with Gasteiger partial charge in [-0.2, -0.15) is 0 Å². The summed E-state index contributed by atoms with van der Waals surface area (Å²) in [6.45, 7) is 3.83. The van der Waals surface area contributed by atoms with E-state index < -0.39 is 0 Å². The van der Waals surface area contributed by atoms with Crippen molar-refractivity contribution in [3.8, 4) is 0 Å². The molecule has 1 atom stereocenters. The van der Waals surface area contributed by atoms with Crippen LogP contribution in [0.2, 0.25) is 0 Å². The molecule has 0 radical (unpaired) electrons. The van der Waals surface area contributed by atoms with Crippen molar-refractivity contribution in [2.24, 2.45) is 0 Å². The molecule has 20 heavy (non-hydrogen) atoms. The fraction of sp³-hybridized carbons (Fsp3) is 0.467. The van der Waals surface area contributed by atoms with Crippen molar-refractivity contribution in [1.29, 1.82) is 0 Å². The molecule has 5 heteroatoms. The van der Waals surface area contributed by atoms with Crippen molar-refractivity contribution in [3.63, 3.8) is 0 Å². The summed E-state index contributed by atoms with van der Waals surface area (Å²) in [7, 11) is 1.96. The van der Waals surface area contributed by atoms with E-state index in [2.05, 4.69) is 10.6 Å². The summed E-state index contributed by atoms with van der Waals surface area (Å²) < 4.78 is 0. The Morgan fingerprint density at radius 3 is 2.45 bits per heavy atom. The van der Waals surface area contributed by atoms with E-state index in [4.69, 9.17) is 0 Å². The van der Waals surface area contributed by atoms with Crippen molar-refractivity contribution < 1.29 is 14.5 Å². The first-order valence-corrected chi connectivity index (χ1v) is 7.00. The molecule has 0 aromatic heterocycles. The molecule has 0 spiro atoms. The number of carbonyl (C=O) groups excluding carboxylic acids is 2. The van der Waals surface area contributed by atoms with Crippen molar-refractivity contribution in [3.05, 3.63) is 35.9 Å². The maximum absolute atomic E-state index is 11.7. The van der Waals surface area contributed by atoms with E-state index in [9.17, 15) is 9.59 Å². The first-order chi connectivity index (χ1) is 9.61. The average Bonchev–Trinajstić information content (AvgIpc) is 2.43. The second kappa shape index (κ2) is 9.09. The molecule has 1 unspecified atom stereocenters. The first kappa shape index (κ1) is 16.2. The molecule has 1 rings (SSSR count). The zero-order valence-corrected chi connectivity index (χ0v) is 12.2. The van der Waals surface area contributed by atoms with Crippen LogP contribution in [0.3, 0.4) is 0 Å². The summed E-state index contributed by atoms with van der Waals surface area (Å²) in [6.07, 6.45) is 0.893. The fourth-order valence-electron chi connectivity index (χ4n) is 1.85. The summed E-state index contributed by atoms with van der Waals surface area (Å²) in [6, 6.07) is 10.0. The third-order valence-corrected chi connectivity index (χ3v) is 2.83. The van der Waals surface area contributed by atoms with E-state index in [0.29, 0.717) is 13.1 Å². The Labute approximate surface area is 120 Å². The van der Waals surface area contributed by atoms with Gasteiger partial charge in [0.25, 0.3) is 5.91 Å². The Kier molecular flexibility index (Phi) is 7.35. The first-order valence-electron chi connectivity index (χ1n) is 7.00. The Hall–Kier alpha value is -1.88. The van der Waals surface area contributed by atoms with Crippen LogP contribution < -0.4 is 15.5 Å². The van der Waals surface area contributed by atoms with Crippen LogP contribution >= 0.6 is 0 Å². The second-order valence-electron chi connectivity index (χ2n) is 4.92.